The average molecular weight is 278 g/mol. The monoisotopic (exact) mass is 278 g/mol. The van der Waals surface area contributed by atoms with Crippen LogP contribution in [-0.2, 0) is 4.79 Å². The van der Waals surface area contributed by atoms with Crippen molar-refractivity contribution >= 4 is 5.97 Å². The summed E-state index contributed by atoms with van der Waals surface area (Å²) in [5.74, 6) is -1.09. The molecule has 2 rings (SSSR count). The third-order valence-corrected chi connectivity index (χ3v) is 3.15. The maximum Gasteiger partial charge on any atom is 0.305 e. The summed E-state index contributed by atoms with van der Waals surface area (Å²) in [6.07, 6.45) is 0.430. The Labute approximate surface area is 115 Å². The SMILES string of the molecule is CCC(CC(=O)O)n1nnnc1-c1cccc(C)c1F. The predicted molar refractivity (Wildman–Crippen MR) is 69.5 cm³/mol. The Kier molecular flexibility index (Phi) is 4.07. The molecule has 1 aromatic carbocycles. The van der Waals surface area contributed by atoms with E-state index in [9.17, 15) is 9.18 Å². The third-order valence-electron chi connectivity index (χ3n) is 3.15. The molecule has 0 saturated heterocycles. The molecule has 1 aromatic heterocycles. The summed E-state index contributed by atoms with van der Waals surface area (Å²) in [5, 5.41) is 20.1. The van der Waals surface area contributed by atoms with Gasteiger partial charge in [0.25, 0.3) is 0 Å². The Balaban J connectivity index is 2.47. The van der Waals surface area contributed by atoms with Gasteiger partial charge >= 0.3 is 5.97 Å². The van der Waals surface area contributed by atoms with Crippen LogP contribution in [-0.4, -0.2) is 31.3 Å². The number of hydrogen-bond acceptors (Lipinski definition) is 4. The second-order valence-corrected chi connectivity index (χ2v) is 4.54. The first-order chi connectivity index (χ1) is 9.54. The lowest BCUT2D eigenvalue weighted by Gasteiger charge is -2.14. The van der Waals surface area contributed by atoms with Crippen LogP contribution in [0.4, 0.5) is 4.39 Å². The molecule has 0 saturated carbocycles. The van der Waals surface area contributed by atoms with Gasteiger partial charge < -0.3 is 5.11 Å². The van der Waals surface area contributed by atoms with Gasteiger partial charge in [-0.05, 0) is 35.4 Å². The van der Waals surface area contributed by atoms with Crippen molar-refractivity contribution < 1.29 is 14.3 Å². The van der Waals surface area contributed by atoms with Crippen LogP contribution in [0.1, 0.15) is 31.4 Å². The number of carbonyl (C=O) groups is 1. The van der Waals surface area contributed by atoms with Crippen molar-refractivity contribution in [2.45, 2.75) is 32.7 Å². The molecule has 20 heavy (non-hydrogen) atoms. The van der Waals surface area contributed by atoms with Gasteiger partial charge in [0, 0.05) is 0 Å². The molecular formula is C13H15FN4O2. The number of aliphatic carboxylic acids is 1. The van der Waals surface area contributed by atoms with Crippen LogP contribution < -0.4 is 0 Å². The maximum atomic E-state index is 14.1. The van der Waals surface area contributed by atoms with Crippen LogP contribution >= 0.6 is 0 Å². The number of benzene rings is 1. The number of rotatable bonds is 5. The summed E-state index contributed by atoms with van der Waals surface area (Å²) in [4.78, 5) is 10.9. The third kappa shape index (κ3) is 2.66. The fourth-order valence-electron chi connectivity index (χ4n) is 2.04. The summed E-state index contributed by atoms with van der Waals surface area (Å²) in [5.41, 5.74) is 0.766. The van der Waals surface area contributed by atoms with Gasteiger partial charge in [-0.2, -0.15) is 0 Å². The van der Waals surface area contributed by atoms with E-state index < -0.39 is 17.8 Å². The van der Waals surface area contributed by atoms with Gasteiger partial charge in [0.2, 0.25) is 0 Å². The number of hydrogen-bond donors (Lipinski definition) is 1. The number of aromatic nitrogens is 4. The number of nitrogens with zero attached hydrogens (tertiary/aromatic N) is 4. The Morgan fingerprint density at radius 3 is 2.90 bits per heavy atom. The van der Waals surface area contributed by atoms with E-state index in [2.05, 4.69) is 15.5 Å². The zero-order valence-electron chi connectivity index (χ0n) is 11.2. The van der Waals surface area contributed by atoms with Gasteiger partial charge in [-0.25, -0.2) is 9.07 Å². The summed E-state index contributed by atoms with van der Waals surface area (Å²) < 4.78 is 15.5. The van der Waals surface area contributed by atoms with E-state index in [0.29, 0.717) is 12.0 Å². The summed E-state index contributed by atoms with van der Waals surface area (Å²) >= 11 is 0. The van der Waals surface area contributed by atoms with E-state index in [1.807, 2.05) is 6.92 Å². The Hall–Kier alpha value is -2.31. The van der Waals surface area contributed by atoms with Crippen LogP contribution in [0.15, 0.2) is 18.2 Å². The minimum atomic E-state index is -0.942. The van der Waals surface area contributed by atoms with Crippen molar-refractivity contribution in [1.82, 2.24) is 20.2 Å². The molecule has 1 unspecified atom stereocenters. The predicted octanol–water partition coefficient (Wildman–Crippen LogP) is 2.21. The first kappa shape index (κ1) is 14.1. The lowest BCUT2D eigenvalue weighted by Crippen LogP contribution is -2.16. The molecular weight excluding hydrogens is 263 g/mol. The molecule has 0 fully saturated rings. The quantitative estimate of drug-likeness (QED) is 0.906. The van der Waals surface area contributed by atoms with Gasteiger partial charge in [-0.1, -0.05) is 19.1 Å². The van der Waals surface area contributed by atoms with Gasteiger partial charge in [0.15, 0.2) is 5.82 Å². The van der Waals surface area contributed by atoms with Crippen LogP contribution in [0.5, 0.6) is 0 Å². The van der Waals surface area contributed by atoms with Gasteiger partial charge in [-0.3, -0.25) is 4.79 Å². The Morgan fingerprint density at radius 1 is 1.50 bits per heavy atom. The van der Waals surface area contributed by atoms with Crippen molar-refractivity contribution in [3.8, 4) is 11.4 Å². The number of carboxylic acids is 1. The molecule has 1 heterocycles. The molecule has 0 radical (unpaired) electrons. The fourth-order valence-corrected chi connectivity index (χ4v) is 2.04. The number of halogens is 1. The molecule has 0 spiro atoms. The molecule has 6 nitrogen and oxygen atoms in total. The van der Waals surface area contributed by atoms with E-state index in [-0.39, 0.29) is 17.8 Å². The molecule has 1 N–H and O–H groups in total. The summed E-state index contributed by atoms with van der Waals surface area (Å²) in [7, 11) is 0. The zero-order chi connectivity index (χ0) is 14.7. The van der Waals surface area contributed by atoms with Crippen LogP contribution in [0, 0.1) is 12.7 Å². The number of aryl methyl sites for hydroxylation is 1. The van der Waals surface area contributed by atoms with E-state index in [1.54, 1.807) is 25.1 Å². The van der Waals surface area contributed by atoms with Gasteiger partial charge in [0.1, 0.15) is 5.82 Å². The maximum absolute atomic E-state index is 14.1. The molecule has 7 heteroatoms. The van der Waals surface area contributed by atoms with Crippen molar-refractivity contribution in [3.63, 3.8) is 0 Å². The first-order valence-electron chi connectivity index (χ1n) is 6.29. The van der Waals surface area contributed by atoms with E-state index in [1.165, 1.54) is 4.68 Å². The summed E-state index contributed by atoms with van der Waals surface area (Å²) in [6.45, 7) is 3.49. The highest BCUT2D eigenvalue weighted by Crippen LogP contribution is 2.26. The highest BCUT2D eigenvalue weighted by Gasteiger charge is 2.21. The molecule has 0 aliphatic heterocycles. The Morgan fingerprint density at radius 2 is 2.25 bits per heavy atom. The van der Waals surface area contributed by atoms with Crippen LogP contribution in [0.2, 0.25) is 0 Å². The lowest BCUT2D eigenvalue weighted by molar-refractivity contribution is -0.138. The van der Waals surface area contributed by atoms with E-state index >= 15 is 0 Å². The topological polar surface area (TPSA) is 80.9 Å². The molecule has 106 valence electrons. The van der Waals surface area contributed by atoms with E-state index in [0.717, 1.165) is 0 Å². The first-order valence-corrected chi connectivity index (χ1v) is 6.29. The van der Waals surface area contributed by atoms with Crippen molar-refractivity contribution in [2.75, 3.05) is 0 Å². The minimum Gasteiger partial charge on any atom is -0.481 e. The summed E-state index contributed by atoms with van der Waals surface area (Å²) in [6, 6.07) is 4.54. The van der Waals surface area contributed by atoms with Crippen molar-refractivity contribution in [2.24, 2.45) is 0 Å². The molecule has 1 atom stereocenters. The zero-order valence-corrected chi connectivity index (χ0v) is 11.2. The van der Waals surface area contributed by atoms with E-state index in [4.69, 9.17) is 5.11 Å². The second-order valence-electron chi connectivity index (χ2n) is 4.54. The fraction of sp³-hybridized carbons (Fsp3) is 0.385. The lowest BCUT2D eigenvalue weighted by atomic mass is 10.1. The standard InChI is InChI=1S/C13H15FN4O2/c1-3-9(7-11(19)20)18-13(15-16-17-18)10-6-4-5-8(2)12(10)14/h4-6,9H,3,7H2,1-2H3,(H,19,20). The van der Waals surface area contributed by atoms with Gasteiger partial charge in [-0.15, -0.1) is 5.10 Å². The smallest absolute Gasteiger partial charge is 0.305 e. The number of carboxylic acid groups (broad SMARTS) is 1. The Bertz CT molecular complexity index is 627. The molecule has 0 bridgehead atoms. The highest BCUT2D eigenvalue weighted by molar-refractivity contribution is 5.67. The van der Waals surface area contributed by atoms with Crippen molar-refractivity contribution in [1.29, 1.82) is 0 Å². The van der Waals surface area contributed by atoms with Gasteiger partial charge in [0.05, 0.1) is 18.0 Å². The average Bonchev–Trinajstić information content (AvgIpc) is 2.88. The highest BCUT2D eigenvalue weighted by atomic mass is 19.1. The minimum absolute atomic E-state index is 0.109. The van der Waals surface area contributed by atoms with Crippen LogP contribution in [0.25, 0.3) is 11.4 Å². The number of tetrazole rings is 1. The molecule has 2 aromatic rings. The van der Waals surface area contributed by atoms with Crippen molar-refractivity contribution in [3.05, 3.63) is 29.6 Å². The normalized spacial score (nSPS) is 12.3. The molecule has 0 aliphatic carbocycles. The second kappa shape index (κ2) is 5.77. The molecule has 0 aliphatic rings. The van der Waals surface area contributed by atoms with Crippen LogP contribution in [0.3, 0.4) is 0 Å². The molecule has 0 amide bonds. The largest absolute Gasteiger partial charge is 0.481 e.